The van der Waals surface area contributed by atoms with Crippen LogP contribution >= 0.6 is 0 Å². The van der Waals surface area contributed by atoms with Crippen LogP contribution in [0.2, 0.25) is 0 Å². The Morgan fingerprint density at radius 2 is 2.03 bits per heavy atom. The zero-order valence-corrected chi connectivity index (χ0v) is 17.0. The Bertz CT molecular complexity index is 1050. The Morgan fingerprint density at radius 3 is 2.69 bits per heavy atom. The van der Waals surface area contributed by atoms with Gasteiger partial charge in [0.1, 0.15) is 5.69 Å². The topological polar surface area (TPSA) is 134 Å². The normalized spacial score (nSPS) is 12.3. The first-order valence-electron chi connectivity index (χ1n) is 9.70. The summed E-state index contributed by atoms with van der Waals surface area (Å²) in [6, 6.07) is 6.84. The number of hydrogen-bond acceptors (Lipinski definition) is 5. The van der Waals surface area contributed by atoms with E-state index in [2.05, 4.69) is 22.3 Å². The minimum absolute atomic E-state index is 0.285. The van der Waals surface area contributed by atoms with E-state index in [1.54, 1.807) is 28.9 Å². The van der Waals surface area contributed by atoms with Gasteiger partial charge in [0, 0.05) is 18.7 Å². The predicted molar refractivity (Wildman–Crippen MR) is 112 cm³/mol. The average molecular weight is 397 g/mol. The number of nitrogens with zero attached hydrogens (tertiary/aromatic N) is 4. The Hall–Kier alpha value is -3.20. The maximum Gasteiger partial charge on any atom is 0.276 e. The van der Waals surface area contributed by atoms with Crippen molar-refractivity contribution in [3.8, 4) is 0 Å². The van der Waals surface area contributed by atoms with E-state index in [9.17, 15) is 9.59 Å². The minimum atomic E-state index is -0.522. The molecule has 9 heteroatoms. The molecule has 0 fully saturated rings. The first-order valence-corrected chi connectivity index (χ1v) is 9.70. The first kappa shape index (κ1) is 20.5. The highest BCUT2D eigenvalue weighted by Gasteiger charge is 2.19. The highest BCUT2D eigenvalue weighted by atomic mass is 16.2. The number of carbonyl (C=O) groups excluding carboxylic acids is 2. The van der Waals surface area contributed by atoms with Crippen LogP contribution in [0.3, 0.4) is 0 Å². The summed E-state index contributed by atoms with van der Waals surface area (Å²) in [6.07, 6.45) is 0.841. The van der Waals surface area contributed by atoms with Crippen LogP contribution < -0.4 is 16.8 Å². The molecule has 0 saturated carbocycles. The van der Waals surface area contributed by atoms with Gasteiger partial charge < -0.3 is 16.0 Å². The third-order valence-corrected chi connectivity index (χ3v) is 4.85. The number of aryl methyl sites for hydroxylation is 2. The highest BCUT2D eigenvalue weighted by molar-refractivity contribution is 6.03. The second-order valence-electron chi connectivity index (χ2n) is 7.24. The minimum Gasteiger partial charge on any atom is -0.366 e. The molecule has 0 aliphatic heterocycles. The van der Waals surface area contributed by atoms with Crippen molar-refractivity contribution in [3.63, 3.8) is 0 Å². The molecule has 154 valence electrons. The van der Waals surface area contributed by atoms with Crippen molar-refractivity contribution in [1.82, 2.24) is 19.3 Å². The first-order chi connectivity index (χ1) is 13.8. The lowest BCUT2D eigenvalue weighted by Gasteiger charge is -2.15. The SMILES string of the molecule is CCn1nc(C)cc1C(=O)Nc1nc2cc(C(N)=O)ccc2n1C[C@@H](C)CCN. The standard InChI is InChI=1S/C20H27N7O2/c1-4-27-17(9-13(3)25-27)19(29)24-20-23-15-10-14(18(22)28)5-6-16(15)26(20)11-12(2)7-8-21/h5-6,9-10,12H,4,7-8,11,21H2,1-3H3,(H2,22,28)(H,23,24,29)/t12-/m0/s1. The molecule has 5 N–H and O–H groups in total. The molecular formula is C20H27N7O2. The molecule has 2 aromatic heterocycles. The third kappa shape index (κ3) is 4.29. The molecule has 3 aromatic rings. The summed E-state index contributed by atoms with van der Waals surface area (Å²) in [5.74, 6) is -0.110. The number of carbonyl (C=O) groups is 2. The van der Waals surface area contributed by atoms with Crippen molar-refractivity contribution in [3.05, 3.63) is 41.2 Å². The number of imidazole rings is 1. The number of nitrogens with two attached hydrogens (primary N) is 2. The number of primary amides is 1. The molecule has 0 bridgehead atoms. The number of fused-ring (bicyclic) bond motifs is 1. The zero-order chi connectivity index (χ0) is 21.1. The van der Waals surface area contributed by atoms with Crippen molar-refractivity contribution in [2.24, 2.45) is 17.4 Å². The summed E-state index contributed by atoms with van der Waals surface area (Å²) in [7, 11) is 0. The van der Waals surface area contributed by atoms with Crippen LogP contribution in [0, 0.1) is 12.8 Å². The van der Waals surface area contributed by atoms with Gasteiger partial charge in [0.25, 0.3) is 5.91 Å². The summed E-state index contributed by atoms with van der Waals surface area (Å²) < 4.78 is 3.59. The van der Waals surface area contributed by atoms with Crippen molar-refractivity contribution >= 4 is 28.8 Å². The number of aromatic nitrogens is 4. The van der Waals surface area contributed by atoms with E-state index in [-0.39, 0.29) is 11.8 Å². The van der Waals surface area contributed by atoms with Gasteiger partial charge in [-0.1, -0.05) is 6.92 Å². The van der Waals surface area contributed by atoms with Gasteiger partial charge in [0.2, 0.25) is 11.9 Å². The summed E-state index contributed by atoms with van der Waals surface area (Å²) in [4.78, 5) is 29.0. The summed E-state index contributed by atoms with van der Waals surface area (Å²) in [5.41, 5.74) is 14.1. The van der Waals surface area contributed by atoms with E-state index in [0.29, 0.717) is 42.4 Å². The Balaban J connectivity index is 2.02. The molecule has 1 aromatic carbocycles. The number of rotatable bonds is 8. The quantitative estimate of drug-likeness (QED) is 0.534. The average Bonchev–Trinajstić information content (AvgIpc) is 3.21. The van der Waals surface area contributed by atoms with Gasteiger partial charge in [-0.15, -0.1) is 0 Å². The lowest BCUT2D eigenvalue weighted by molar-refractivity contribution is 0.0996. The second-order valence-corrected chi connectivity index (χ2v) is 7.24. The number of amides is 2. The van der Waals surface area contributed by atoms with Crippen LogP contribution in [0.5, 0.6) is 0 Å². The fourth-order valence-electron chi connectivity index (χ4n) is 3.39. The van der Waals surface area contributed by atoms with Crippen LogP contribution in [0.4, 0.5) is 5.95 Å². The van der Waals surface area contributed by atoms with E-state index in [1.807, 2.05) is 18.4 Å². The summed E-state index contributed by atoms with van der Waals surface area (Å²) in [5, 5.41) is 7.23. The molecule has 2 amide bonds. The Kier molecular flexibility index (Phi) is 5.97. The third-order valence-electron chi connectivity index (χ3n) is 4.85. The Labute approximate surface area is 169 Å². The van der Waals surface area contributed by atoms with E-state index in [4.69, 9.17) is 11.5 Å². The van der Waals surface area contributed by atoms with Gasteiger partial charge in [-0.05, 0) is 57.0 Å². The number of nitrogens with one attached hydrogen (secondary N) is 1. The fraction of sp³-hybridized carbons (Fsp3) is 0.400. The molecule has 2 heterocycles. The van der Waals surface area contributed by atoms with Crippen LogP contribution in [0.25, 0.3) is 11.0 Å². The number of benzene rings is 1. The van der Waals surface area contributed by atoms with Crippen LogP contribution in [-0.2, 0) is 13.1 Å². The number of hydrogen-bond donors (Lipinski definition) is 3. The van der Waals surface area contributed by atoms with E-state index >= 15 is 0 Å². The van der Waals surface area contributed by atoms with Crippen LogP contribution in [0.15, 0.2) is 24.3 Å². The van der Waals surface area contributed by atoms with Crippen molar-refractivity contribution < 1.29 is 9.59 Å². The van der Waals surface area contributed by atoms with Gasteiger partial charge in [-0.25, -0.2) is 4.98 Å². The molecule has 0 saturated heterocycles. The summed E-state index contributed by atoms with van der Waals surface area (Å²) in [6.45, 7) is 7.66. The van der Waals surface area contributed by atoms with Gasteiger partial charge in [0.05, 0.1) is 16.7 Å². The zero-order valence-electron chi connectivity index (χ0n) is 17.0. The van der Waals surface area contributed by atoms with Crippen LogP contribution in [-0.4, -0.2) is 37.7 Å². The smallest absolute Gasteiger partial charge is 0.276 e. The van der Waals surface area contributed by atoms with Crippen molar-refractivity contribution in [1.29, 1.82) is 0 Å². The molecule has 3 rings (SSSR count). The number of anilines is 1. The molecule has 29 heavy (non-hydrogen) atoms. The van der Waals surface area contributed by atoms with E-state index in [1.165, 1.54) is 0 Å². The molecule has 0 aliphatic carbocycles. The molecule has 0 spiro atoms. The largest absolute Gasteiger partial charge is 0.366 e. The maximum atomic E-state index is 12.9. The highest BCUT2D eigenvalue weighted by Crippen LogP contribution is 2.24. The van der Waals surface area contributed by atoms with E-state index in [0.717, 1.165) is 17.6 Å². The molecule has 0 unspecified atom stereocenters. The fourth-order valence-corrected chi connectivity index (χ4v) is 3.39. The lowest BCUT2D eigenvalue weighted by atomic mass is 10.1. The monoisotopic (exact) mass is 397 g/mol. The van der Waals surface area contributed by atoms with Gasteiger partial charge in [-0.3, -0.25) is 19.6 Å². The molecular weight excluding hydrogens is 370 g/mol. The van der Waals surface area contributed by atoms with Crippen molar-refractivity contribution in [2.75, 3.05) is 11.9 Å². The van der Waals surface area contributed by atoms with Gasteiger partial charge >= 0.3 is 0 Å². The van der Waals surface area contributed by atoms with Crippen molar-refractivity contribution in [2.45, 2.75) is 40.3 Å². The molecule has 9 nitrogen and oxygen atoms in total. The molecule has 0 aliphatic rings. The summed E-state index contributed by atoms with van der Waals surface area (Å²) >= 11 is 0. The van der Waals surface area contributed by atoms with E-state index < -0.39 is 5.91 Å². The van der Waals surface area contributed by atoms with Gasteiger partial charge in [-0.2, -0.15) is 5.10 Å². The Morgan fingerprint density at radius 1 is 1.28 bits per heavy atom. The molecule has 1 atom stereocenters. The van der Waals surface area contributed by atoms with Gasteiger partial charge in [0.15, 0.2) is 0 Å². The second kappa shape index (κ2) is 8.44. The lowest BCUT2D eigenvalue weighted by Crippen LogP contribution is -2.21. The van der Waals surface area contributed by atoms with Crippen LogP contribution in [0.1, 0.15) is 46.8 Å². The maximum absolute atomic E-state index is 12.9. The molecule has 0 radical (unpaired) electrons. The predicted octanol–water partition coefficient (Wildman–Crippen LogP) is 1.90.